The molecular formula is C16H23ClN2. The van der Waals surface area contributed by atoms with Crippen LogP contribution in [0.2, 0.25) is 5.02 Å². The molecule has 2 nitrogen and oxygen atoms in total. The molecule has 2 rings (SSSR count). The quantitative estimate of drug-likeness (QED) is 0.747. The van der Waals surface area contributed by atoms with Gasteiger partial charge in [-0.15, -0.1) is 0 Å². The number of halogens is 1. The van der Waals surface area contributed by atoms with Crippen LogP contribution in [0.1, 0.15) is 26.7 Å². The van der Waals surface area contributed by atoms with E-state index in [4.69, 9.17) is 11.6 Å². The maximum absolute atomic E-state index is 6.18. The summed E-state index contributed by atoms with van der Waals surface area (Å²) >= 11 is 6.18. The van der Waals surface area contributed by atoms with Gasteiger partial charge >= 0.3 is 0 Å². The molecule has 1 aromatic heterocycles. The van der Waals surface area contributed by atoms with Crippen LogP contribution >= 0.6 is 11.6 Å². The van der Waals surface area contributed by atoms with Crippen LogP contribution in [-0.2, 0) is 6.54 Å². The first-order chi connectivity index (χ1) is 9.18. The summed E-state index contributed by atoms with van der Waals surface area (Å²) in [4.78, 5) is 0. The van der Waals surface area contributed by atoms with Gasteiger partial charge < -0.3 is 9.88 Å². The highest BCUT2D eigenvalue weighted by atomic mass is 35.5. The fourth-order valence-electron chi connectivity index (χ4n) is 2.30. The molecule has 1 heterocycles. The van der Waals surface area contributed by atoms with E-state index in [1.165, 1.54) is 18.4 Å². The van der Waals surface area contributed by atoms with E-state index in [-0.39, 0.29) is 0 Å². The molecule has 1 N–H and O–H groups in total. The molecule has 3 heteroatoms. The maximum atomic E-state index is 6.18. The first-order valence-electron chi connectivity index (χ1n) is 7.12. The Kier molecular flexibility index (Phi) is 5.29. The molecule has 0 bridgehead atoms. The predicted octanol–water partition coefficient (Wildman–Crippen LogP) is 4.32. The second kappa shape index (κ2) is 6.97. The Bertz CT molecular complexity index is 516. The third-order valence-corrected chi connectivity index (χ3v) is 3.65. The van der Waals surface area contributed by atoms with E-state index in [2.05, 4.69) is 42.1 Å². The molecule has 0 aliphatic carbocycles. The van der Waals surface area contributed by atoms with Crippen LogP contribution in [0.5, 0.6) is 0 Å². The van der Waals surface area contributed by atoms with Crippen LogP contribution in [0, 0.1) is 5.92 Å². The lowest BCUT2D eigenvalue weighted by Gasteiger charge is -2.08. The van der Waals surface area contributed by atoms with Crippen molar-refractivity contribution >= 4 is 22.5 Å². The summed E-state index contributed by atoms with van der Waals surface area (Å²) < 4.78 is 2.30. The van der Waals surface area contributed by atoms with E-state index in [9.17, 15) is 0 Å². The predicted molar refractivity (Wildman–Crippen MR) is 83.9 cm³/mol. The Hall–Kier alpha value is -0.990. The van der Waals surface area contributed by atoms with Gasteiger partial charge in [0.25, 0.3) is 0 Å². The highest BCUT2D eigenvalue weighted by Crippen LogP contribution is 2.24. The molecule has 0 saturated carbocycles. The van der Waals surface area contributed by atoms with Gasteiger partial charge in [0.2, 0.25) is 0 Å². The highest BCUT2D eigenvalue weighted by Gasteiger charge is 2.03. The summed E-state index contributed by atoms with van der Waals surface area (Å²) in [6.45, 7) is 7.76. The van der Waals surface area contributed by atoms with Crippen LogP contribution in [0.4, 0.5) is 0 Å². The van der Waals surface area contributed by atoms with Crippen molar-refractivity contribution in [2.75, 3.05) is 13.1 Å². The molecule has 0 fully saturated rings. The lowest BCUT2D eigenvalue weighted by molar-refractivity contribution is 0.522. The van der Waals surface area contributed by atoms with Crippen LogP contribution in [-0.4, -0.2) is 17.7 Å². The standard InChI is InChI=1S/C16H23ClN2/c1-13(2)12-18-9-3-4-10-19-11-8-14-15(17)6-5-7-16(14)19/h5-8,11,13,18H,3-4,9-10,12H2,1-2H3. The molecule has 19 heavy (non-hydrogen) atoms. The molecule has 0 atom stereocenters. The number of rotatable bonds is 7. The smallest absolute Gasteiger partial charge is 0.0499 e. The molecule has 0 radical (unpaired) electrons. The minimum atomic E-state index is 0.732. The number of unbranched alkanes of at least 4 members (excludes halogenated alkanes) is 1. The topological polar surface area (TPSA) is 17.0 Å². The van der Waals surface area contributed by atoms with Gasteiger partial charge in [-0.3, -0.25) is 0 Å². The molecule has 2 aromatic rings. The average molecular weight is 279 g/mol. The number of hydrogen-bond acceptors (Lipinski definition) is 1. The minimum Gasteiger partial charge on any atom is -0.347 e. The third kappa shape index (κ3) is 3.99. The number of aromatic nitrogens is 1. The van der Waals surface area contributed by atoms with E-state index < -0.39 is 0 Å². The monoisotopic (exact) mass is 278 g/mol. The minimum absolute atomic E-state index is 0.732. The van der Waals surface area contributed by atoms with Crippen molar-refractivity contribution in [3.63, 3.8) is 0 Å². The van der Waals surface area contributed by atoms with Crippen LogP contribution in [0.3, 0.4) is 0 Å². The summed E-state index contributed by atoms with van der Waals surface area (Å²) in [5.74, 6) is 0.732. The number of hydrogen-bond donors (Lipinski definition) is 1. The number of aryl methyl sites for hydroxylation is 1. The van der Waals surface area contributed by atoms with Gasteiger partial charge in [0.15, 0.2) is 0 Å². The van der Waals surface area contributed by atoms with Crippen molar-refractivity contribution in [1.82, 2.24) is 9.88 Å². The normalized spacial score (nSPS) is 11.6. The summed E-state index contributed by atoms with van der Waals surface area (Å²) in [6, 6.07) is 8.21. The number of benzene rings is 1. The highest BCUT2D eigenvalue weighted by molar-refractivity contribution is 6.35. The fourth-order valence-corrected chi connectivity index (χ4v) is 2.54. The molecule has 104 valence electrons. The fraction of sp³-hybridized carbons (Fsp3) is 0.500. The lowest BCUT2D eigenvalue weighted by atomic mass is 10.2. The zero-order valence-corrected chi connectivity index (χ0v) is 12.6. The van der Waals surface area contributed by atoms with Gasteiger partial charge in [-0.05, 0) is 50.0 Å². The molecule has 0 spiro atoms. The molecule has 0 amide bonds. The SMILES string of the molecule is CC(C)CNCCCCn1ccc2c(Cl)cccc21. The van der Waals surface area contributed by atoms with E-state index in [1.807, 2.05) is 12.1 Å². The lowest BCUT2D eigenvalue weighted by Crippen LogP contribution is -2.20. The zero-order chi connectivity index (χ0) is 13.7. The van der Waals surface area contributed by atoms with E-state index in [0.717, 1.165) is 36.0 Å². The van der Waals surface area contributed by atoms with E-state index in [0.29, 0.717) is 0 Å². The zero-order valence-electron chi connectivity index (χ0n) is 11.8. The van der Waals surface area contributed by atoms with Crippen LogP contribution in [0.25, 0.3) is 10.9 Å². The van der Waals surface area contributed by atoms with Crippen molar-refractivity contribution in [2.45, 2.75) is 33.2 Å². The summed E-state index contributed by atoms with van der Waals surface area (Å²) in [5, 5.41) is 5.48. The molecule has 0 unspecified atom stereocenters. The molecule has 0 aliphatic heterocycles. The Morgan fingerprint density at radius 1 is 1.21 bits per heavy atom. The van der Waals surface area contributed by atoms with Crippen molar-refractivity contribution in [3.05, 3.63) is 35.5 Å². The maximum Gasteiger partial charge on any atom is 0.0499 e. The number of nitrogens with zero attached hydrogens (tertiary/aromatic N) is 1. The molecule has 1 aromatic carbocycles. The van der Waals surface area contributed by atoms with Crippen molar-refractivity contribution in [1.29, 1.82) is 0 Å². The van der Waals surface area contributed by atoms with E-state index in [1.54, 1.807) is 0 Å². The van der Waals surface area contributed by atoms with E-state index >= 15 is 0 Å². The second-order valence-corrected chi connectivity index (χ2v) is 5.89. The molecule has 0 saturated heterocycles. The largest absolute Gasteiger partial charge is 0.347 e. The van der Waals surface area contributed by atoms with Crippen molar-refractivity contribution in [2.24, 2.45) is 5.92 Å². The first-order valence-corrected chi connectivity index (χ1v) is 7.50. The summed E-state index contributed by atoms with van der Waals surface area (Å²) in [6.07, 6.45) is 4.55. The Morgan fingerprint density at radius 3 is 2.84 bits per heavy atom. The van der Waals surface area contributed by atoms with Gasteiger partial charge in [-0.1, -0.05) is 31.5 Å². The Balaban J connectivity index is 1.81. The van der Waals surface area contributed by atoms with Crippen LogP contribution in [0.15, 0.2) is 30.5 Å². The van der Waals surface area contributed by atoms with Gasteiger partial charge in [0, 0.05) is 28.7 Å². The van der Waals surface area contributed by atoms with Gasteiger partial charge in [-0.2, -0.15) is 0 Å². The van der Waals surface area contributed by atoms with Crippen LogP contribution < -0.4 is 5.32 Å². The second-order valence-electron chi connectivity index (χ2n) is 5.49. The summed E-state index contributed by atoms with van der Waals surface area (Å²) in [7, 11) is 0. The first kappa shape index (κ1) is 14.4. The molecular weight excluding hydrogens is 256 g/mol. The van der Waals surface area contributed by atoms with Gasteiger partial charge in [-0.25, -0.2) is 0 Å². The average Bonchev–Trinajstić information content (AvgIpc) is 2.78. The van der Waals surface area contributed by atoms with Gasteiger partial charge in [0.1, 0.15) is 0 Å². The van der Waals surface area contributed by atoms with Crippen molar-refractivity contribution in [3.8, 4) is 0 Å². The Labute approximate surface area is 120 Å². The number of nitrogens with one attached hydrogen (secondary N) is 1. The Morgan fingerprint density at radius 2 is 2.05 bits per heavy atom. The third-order valence-electron chi connectivity index (χ3n) is 3.32. The molecule has 0 aliphatic rings. The van der Waals surface area contributed by atoms with Crippen molar-refractivity contribution < 1.29 is 0 Å². The van der Waals surface area contributed by atoms with Gasteiger partial charge in [0.05, 0.1) is 0 Å². The number of fused-ring (bicyclic) bond motifs is 1. The summed E-state index contributed by atoms with van der Waals surface area (Å²) in [5.41, 5.74) is 1.24.